The molecule has 0 bridgehead atoms. The van der Waals surface area contributed by atoms with Crippen molar-refractivity contribution < 1.29 is 13.5 Å². The van der Waals surface area contributed by atoms with Crippen LogP contribution in [0.4, 0.5) is 8.78 Å². The third kappa shape index (κ3) is 6.66. The van der Waals surface area contributed by atoms with Crippen molar-refractivity contribution in [3.63, 3.8) is 0 Å². The third-order valence-electron chi connectivity index (χ3n) is 2.22. The molecule has 0 aliphatic carbocycles. The van der Waals surface area contributed by atoms with Crippen LogP contribution < -0.4 is 5.32 Å². The van der Waals surface area contributed by atoms with Gasteiger partial charge in [-0.05, 0) is 20.8 Å². The molecule has 0 atom stereocenters. The zero-order chi connectivity index (χ0) is 13.6. The van der Waals surface area contributed by atoms with Crippen molar-refractivity contribution in [2.45, 2.75) is 45.7 Å². The molecule has 0 spiro atoms. The summed E-state index contributed by atoms with van der Waals surface area (Å²) in [5, 5.41) is 3.33. The first kappa shape index (κ1) is 15.0. The Morgan fingerprint density at radius 2 is 2.17 bits per heavy atom. The Bertz CT molecular complexity index is 347. The van der Waals surface area contributed by atoms with E-state index < -0.39 is 13.0 Å². The van der Waals surface area contributed by atoms with Gasteiger partial charge in [-0.15, -0.1) is 0 Å². The van der Waals surface area contributed by atoms with E-state index in [1.807, 2.05) is 0 Å². The van der Waals surface area contributed by atoms with Crippen LogP contribution in [-0.4, -0.2) is 35.1 Å². The zero-order valence-electron chi connectivity index (χ0n) is 11.1. The molecule has 0 fully saturated rings. The second-order valence-corrected chi connectivity index (χ2v) is 5.17. The molecular formula is C12H21F2N3O. The maximum absolute atomic E-state index is 11.8. The normalized spacial score (nSPS) is 12.3. The number of H-pyrrole nitrogens is 1. The maximum atomic E-state index is 11.8. The van der Waals surface area contributed by atoms with Gasteiger partial charge in [-0.2, -0.15) is 0 Å². The Hall–Kier alpha value is -1.01. The first-order valence-electron chi connectivity index (χ1n) is 6.00. The predicted molar refractivity (Wildman–Crippen MR) is 65.7 cm³/mol. The van der Waals surface area contributed by atoms with Crippen molar-refractivity contribution in [3.05, 3.63) is 17.7 Å². The predicted octanol–water partition coefficient (Wildman–Crippen LogP) is 2.12. The molecular weight excluding hydrogens is 240 g/mol. The first-order valence-corrected chi connectivity index (χ1v) is 6.00. The average molecular weight is 261 g/mol. The molecule has 0 radical (unpaired) electrons. The molecule has 0 saturated carbocycles. The van der Waals surface area contributed by atoms with Crippen LogP contribution in [0, 0.1) is 0 Å². The highest BCUT2D eigenvalue weighted by Gasteiger charge is 2.09. The van der Waals surface area contributed by atoms with Crippen molar-refractivity contribution in [2.24, 2.45) is 0 Å². The maximum Gasteiger partial charge on any atom is 0.261 e. The van der Waals surface area contributed by atoms with Gasteiger partial charge in [-0.1, -0.05) is 0 Å². The minimum Gasteiger partial charge on any atom is -0.375 e. The summed E-state index contributed by atoms with van der Waals surface area (Å²) < 4.78 is 28.4. The molecule has 18 heavy (non-hydrogen) atoms. The number of imidazole rings is 1. The zero-order valence-corrected chi connectivity index (χ0v) is 11.1. The van der Waals surface area contributed by atoms with Gasteiger partial charge in [0.1, 0.15) is 12.4 Å². The molecule has 0 unspecified atom stereocenters. The fraction of sp³-hybridized carbons (Fsp3) is 0.750. The van der Waals surface area contributed by atoms with Crippen molar-refractivity contribution in [1.29, 1.82) is 0 Å². The van der Waals surface area contributed by atoms with Gasteiger partial charge in [0.2, 0.25) is 0 Å². The van der Waals surface area contributed by atoms with Crippen molar-refractivity contribution in [1.82, 2.24) is 15.3 Å². The number of halogens is 2. The second-order valence-electron chi connectivity index (χ2n) is 5.17. The lowest BCUT2D eigenvalue weighted by Gasteiger charge is -2.19. The lowest BCUT2D eigenvalue weighted by molar-refractivity contribution is 0.0183. The van der Waals surface area contributed by atoms with E-state index in [0.29, 0.717) is 13.0 Å². The highest BCUT2D eigenvalue weighted by Crippen LogP contribution is 2.03. The summed E-state index contributed by atoms with van der Waals surface area (Å²) in [4.78, 5) is 7.30. The quantitative estimate of drug-likeness (QED) is 0.739. The van der Waals surface area contributed by atoms with Gasteiger partial charge in [0.15, 0.2) is 0 Å². The summed E-state index contributed by atoms with van der Waals surface area (Å²) in [5.41, 5.74) is 1.03. The largest absolute Gasteiger partial charge is 0.375 e. The number of nitrogens with zero attached hydrogens (tertiary/aromatic N) is 1. The molecule has 0 aliphatic heterocycles. The first-order chi connectivity index (χ1) is 8.37. The smallest absolute Gasteiger partial charge is 0.261 e. The van der Waals surface area contributed by atoms with E-state index in [2.05, 4.69) is 36.1 Å². The van der Waals surface area contributed by atoms with Crippen LogP contribution in [-0.2, 0) is 17.7 Å². The summed E-state index contributed by atoms with van der Waals surface area (Å²) in [6.07, 6.45) is -0.142. The molecule has 104 valence electrons. The summed E-state index contributed by atoms with van der Waals surface area (Å²) in [5.74, 6) is 0.759. The lowest BCUT2D eigenvalue weighted by atomic mass is 10.1. The number of alkyl halides is 2. The Labute approximate surface area is 106 Å². The van der Waals surface area contributed by atoms with Gasteiger partial charge in [-0.3, -0.25) is 0 Å². The number of rotatable bonds is 7. The molecule has 6 heteroatoms. The van der Waals surface area contributed by atoms with E-state index >= 15 is 0 Å². The monoisotopic (exact) mass is 261 g/mol. The van der Waals surface area contributed by atoms with E-state index in [9.17, 15) is 8.78 Å². The van der Waals surface area contributed by atoms with Gasteiger partial charge in [0.05, 0.1) is 6.61 Å². The van der Waals surface area contributed by atoms with Crippen LogP contribution in [0.2, 0.25) is 0 Å². The number of hydrogen-bond donors (Lipinski definition) is 2. The number of aromatic amines is 1. The summed E-state index contributed by atoms with van der Waals surface area (Å²) in [6.45, 7) is 6.70. The molecule has 0 amide bonds. The van der Waals surface area contributed by atoms with Crippen LogP contribution in [0.25, 0.3) is 0 Å². The van der Waals surface area contributed by atoms with Crippen molar-refractivity contribution in [2.75, 3.05) is 13.2 Å². The molecule has 4 nitrogen and oxygen atoms in total. The van der Waals surface area contributed by atoms with Gasteiger partial charge in [0, 0.05) is 30.4 Å². The third-order valence-corrected chi connectivity index (χ3v) is 2.22. The number of hydrogen-bond acceptors (Lipinski definition) is 3. The molecule has 2 N–H and O–H groups in total. The second kappa shape index (κ2) is 6.80. The van der Waals surface area contributed by atoms with E-state index in [1.54, 1.807) is 6.20 Å². The number of nitrogens with one attached hydrogen (secondary N) is 2. The highest BCUT2D eigenvalue weighted by molar-refractivity contribution is 5.01. The van der Waals surface area contributed by atoms with Gasteiger partial charge >= 0.3 is 0 Å². The topological polar surface area (TPSA) is 49.9 Å². The number of ether oxygens (including phenoxy) is 1. The van der Waals surface area contributed by atoms with E-state index in [0.717, 1.165) is 11.5 Å². The lowest BCUT2D eigenvalue weighted by Crippen LogP contribution is -2.35. The van der Waals surface area contributed by atoms with Crippen LogP contribution in [0.5, 0.6) is 0 Å². The van der Waals surface area contributed by atoms with E-state index in [-0.39, 0.29) is 12.1 Å². The molecule has 1 aromatic rings. The molecule has 0 saturated heterocycles. The Morgan fingerprint density at radius 3 is 2.78 bits per heavy atom. The van der Waals surface area contributed by atoms with Crippen LogP contribution in [0.1, 0.15) is 32.3 Å². The molecule has 0 aliphatic rings. The van der Waals surface area contributed by atoms with Gasteiger partial charge < -0.3 is 15.0 Å². The fourth-order valence-corrected chi connectivity index (χ4v) is 1.32. The molecule has 1 heterocycles. The summed E-state index contributed by atoms with van der Waals surface area (Å²) >= 11 is 0. The molecule has 1 rings (SSSR count). The Morgan fingerprint density at radius 1 is 1.44 bits per heavy atom. The fourth-order valence-electron chi connectivity index (χ4n) is 1.32. The molecule has 0 aromatic carbocycles. The van der Waals surface area contributed by atoms with Crippen molar-refractivity contribution in [3.8, 4) is 0 Å². The average Bonchev–Trinajstić information content (AvgIpc) is 2.68. The highest BCUT2D eigenvalue weighted by atomic mass is 19.3. The summed E-state index contributed by atoms with van der Waals surface area (Å²) in [6, 6.07) is 0. The SMILES string of the molecule is CC(C)(C)NCc1cnc(CCOCC(F)F)[nH]1. The van der Waals surface area contributed by atoms with Crippen LogP contribution >= 0.6 is 0 Å². The minimum absolute atomic E-state index is 0.0473. The van der Waals surface area contributed by atoms with Crippen molar-refractivity contribution >= 4 is 0 Å². The Kier molecular flexibility index (Phi) is 5.68. The van der Waals surface area contributed by atoms with Gasteiger partial charge in [0.25, 0.3) is 6.43 Å². The Balaban J connectivity index is 2.26. The van der Waals surface area contributed by atoms with E-state index in [1.165, 1.54) is 0 Å². The van der Waals surface area contributed by atoms with Crippen LogP contribution in [0.3, 0.4) is 0 Å². The van der Waals surface area contributed by atoms with Crippen LogP contribution in [0.15, 0.2) is 6.20 Å². The summed E-state index contributed by atoms with van der Waals surface area (Å²) in [7, 11) is 0. The minimum atomic E-state index is -2.41. The van der Waals surface area contributed by atoms with E-state index in [4.69, 9.17) is 4.74 Å². The number of aromatic nitrogens is 2. The standard InChI is InChI=1S/C12H21F2N3O/c1-12(2,3)16-7-9-6-15-11(17-9)4-5-18-8-10(13)14/h6,10,16H,4-5,7-8H2,1-3H3,(H,15,17). The molecule has 1 aromatic heterocycles. The van der Waals surface area contributed by atoms with Gasteiger partial charge in [-0.25, -0.2) is 13.8 Å².